The van der Waals surface area contributed by atoms with Gasteiger partial charge in [0.05, 0.1) is 11.8 Å². The van der Waals surface area contributed by atoms with Crippen LogP contribution < -0.4 is 0 Å². The highest BCUT2D eigenvalue weighted by atomic mass is 35.5. The molecule has 1 saturated heterocycles. The summed E-state index contributed by atoms with van der Waals surface area (Å²) in [5.41, 5.74) is 1.05. The highest BCUT2D eigenvalue weighted by molar-refractivity contribution is 6.31. The van der Waals surface area contributed by atoms with Crippen molar-refractivity contribution in [3.8, 4) is 0 Å². The molecule has 2 aromatic rings. The van der Waals surface area contributed by atoms with Gasteiger partial charge in [0.1, 0.15) is 5.82 Å². The first kappa shape index (κ1) is 15.0. The molecule has 0 bridgehead atoms. The maximum Gasteiger partial charge on any atom is 0.257 e. The average molecular weight is 322 g/mol. The van der Waals surface area contributed by atoms with Gasteiger partial charge in [-0.15, -0.1) is 0 Å². The van der Waals surface area contributed by atoms with Gasteiger partial charge in [-0.1, -0.05) is 17.7 Å². The molecular formula is C16H17ClFN3O. The molecule has 0 spiro atoms. The van der Waals surface area contributed by atoms with Crippen LogP contribution in [0.1, 0.15) is 28.8 Å². The van der Waals surface area contributed by atoms with Crippen molar-refractivity contribution in [2.75, 3.05) is 6.54 Å². The van der Waals surface area contributed by atoms with E-state index in [1.807, 2.05) is 0 Å². The molecule has 0 radical (unpaired) electrons. The van der Waals surface area contributed by atoms with Crippen LogP contribution in [0.15, 0.2) is 30.6 Å². The number of hydrogen-bond acceptors (Lipinski definition) is 2. The average Bonchev–Trinajstić information content (AvgIpc) is 3.11. The van der Waals surface area contributed by atoms with Crippen LogP contribution >= 0.6 is 11.6 Å². The number of hydrogen-bond donors (Lipinski definition) is 0. The maximum absolute atomic E-state index is 14.0. The second-order valence-corrected chi connectivity index (χ2v) is 6.01. The lowest BCUT2D eigenvalue weighted by Gasteiger charge is -2.25. The van der Waals surface area contributed by atoms with Gasteiger partial charge in [0.15, 0.2) is 0 Å². The van der Waals surface area contributed by atoms with E-state index in [9.17, 15) is 9.18 Å². The van der Waals surface area contributed by atoms with E-state index in [-0.39, 0.29) is 17.8 Å². The Bertz CT molecular complexity index is 680. The smallest absolute Gasteiger partial charge is 0.257 e. The molecule has 1 amide bonds. The van der Waals surface area contributed by atoms with E-state index in [0.29, 0.717) is 29.1 Å². The topological polar surface area (TPSA) is 38.1 Å². The summed E-state index contributed by atoms with van der Waals surface area (Å²) in [4.78, 5) is 14.4. The van der Waals surface area contributed by atoms with Crippen LogP contribution in [-0.2, 0) is 13.5 Å². The Balaban J connectivity index is 1.80. The van der Waals surface area contributed by atoms with E-state index in [1.165, 1.54) is 6.07 Å². The third-order valence-electron chi connectivity index (χ3n) is 4.09. The van der Waals surface area contributed by atoms with Gasteiger partial charge in [0.25, 0.3) is 5.91 Å². The van der Waals surface area contributed by atoms with E-state index < -0.39 is 0 Å². The highest BCUT2D eigenvalue weighted by Crippen LogP contribution is 2.27. The molecule has 1 fully saturated rings. The second kappa shape index (κ2) is 6.08. The zero-order chi connectivity index (χ0) is 15.7. The van der Waals surface area contributed by atoms with Crippen LogP contribution in [0.25, 0.3) is 0 Å². The largest absolute Gasteiger partial charge is 0.335 e. The Morgan fingerprint density at radius 3 is 3.00 bits per heavy atom. The minimum atomic E-state index is -0.312. The SMILES string of the molecule is Cn1cc(C(=O)N2CCC[C@@H]2Cc2c(F)cccc2Cl)cn1. The van der Waals surface area contributed by atoms with Crippen molar-refractivity contribution < 1.29 is 9.18 Å². The molecule has 0 unspecified atom stereocenters. The predicted molar refractivity (Wildman–Crippen MR) is 82.4 cm³/mol. The minimum Gasteiger partial charge on any atom is -0.335 e. The van der Waals surface area contributed by atoms with Crippen molar-refractivity contribution in [1.82, 2.24) is 14.7 Å². The molecule has 3 rings (SSSR count). The number of nitrogens with zero attached hydrogens (tertiary/aromatic N) is 3. The van der Waals surface area contributed by atoms with Gasteiger partial charge in [-0.3, -0.25) is 9.48 Å². The number of carbonyl (C=O) groups is 1. The Labute approximate surface area is 133 Å². The summed E-state index contributed by atoms with van der Waals surface area (Å²) in [7, 11) is 1.78. The standard InChI is InChI=1S/C16H17ClFN3O/c1-20-10-11(9-19-20)16(22)21-7-3-4-12(21)8-13-14(17)5-2-6-15(13)18/h2,5-6,9-10,12H,3-4,7-8H2,1H3/t12-/m1/s1. The molecular weight excluding hydrogens is 305 g/mol. The zero-order valence-electron chi connectivity index (χ0n) is 12.3. The summed E-state index contributed by atoms with van der Waals surface area (Å²) in [6.45, 7) is 0.685. The molecule has 22 heavy (non-hydrogen) atoms. The molecule has 4 nitrogen and oxygen atoms in total. The number of amides is 1. The summed E-state index contributed by atoms with van der Waals surface area (Å²) in [6, 6.07) is 4.65. The van der Waals surface area contributed by atoms with Crippen molar-refractivity contribution >= 4 is 17.5 Å². The quantitative estimate of drug-likeness (QED) is 0.871. The first-order valence-electron chi connectivity index (χ1n) is 7.29. The fourth-order valence-corrected chi connectivity index (χ4v) is 3.22. The molecule has 1 aliphatic heterocycles. The zero-order valence-corrected chi connectivity index (χ0v) is 13.1. The van der Waals surface area contributed by atoms with Gasteiger partial charge >= 0.3 is 0 Å². The van der Waals surface area contributed by atoms with Gasteiger partial charge in [0, 0.05) is 36.4 Å². The number of likely N-dealkylation sites (tertiary alicyclic amines) is 1. The molecule has 0 saturated carbocycles. The van der Waals surface area contributed by atoms with Crippen molar-refractivity contribution in [1.29, 1.82) is 0 Å². The van der Waals surface area contributed by atoms with E-state index in [2.05, 4.69) is 5.10 Å². The number of aromatic nitrogens is 2. The fraction of sp³-hybridized carbons (Fsp3) is 0.375. The van der Waals surface area contributed by atoms with Crippen LogP contribution in [-0.4, -0.2) is 33.2 Å². The monoisotopic (exact) mass is 321 g/mol. The van der Waals surface area contributed by atoms with Gasteiger partial charge in [0.2, 0.25) is 0 Å². The molecule has 6 heteroatoms. The summed E-state index contributed by atoms with van der Waals surface area (Å²) in [6.07, 6.45) is 5.48. The summed E-state index contributed by atoms with van der Waals surface area (Å²) < 4.78 is 15.6. The first-order valence-corrected chi connectivity index (χ1v) is 7.66. The van der Waals surface area contributed by atoms with Gasteiger partial charge in [-0.05, 0) is 31.4 Å². The Kier molecular flexibility index (Phi) is 4.16. The molecule has 0 aliphatic carbocycles. The van der Waals surface area contributed by atoms with Crippen molar-refractivity contribution in [3.63, 3.8) is 0 Å². The third-order valence-corrected chi connectivity index (χ3v) is 4.45. The molecule has 1 aromatic heterocycles. The van der Waals surface area contributed by atoms with E-state index in [0.717, 1.165) is 12.8 Å². The molecule has 1 aliphatic rings. The molecule has 116 valence electrons. The Morgan fingerprint density at radius 2 is 2.32 bits per heavy atom. The van der Waals surface area contributed by atoms with Crippen LogP contribution in [0.5, 0.6) is 0 Å². The van der Waals surface area contributed by atoms with Crippen molar-refractivity contribution in [2.24, 2.45) is 7.05 Å². The third kappa shape index (κ3) is 2.86. The van der Waals surface area contributed by atoms with Crippen molar-refractivity contribution in [3.05, 3.63) is 52.6 Å². The lowest BCUT2D eigenvalue weighted by molar-refractivity contribution is 0.0736. The molecule has 0 N–H and O–H groups in total. The van der Waals surface area contributed by atoms with Crippen LogP contribution in [0, 0.1) is 5.82 Å². The first-order chi connectivity index (χ1) is 10.6. The maximum atomic E-state index is 14.0. The summed E-state index contributed by atoms with van der Waals surface area (Å²) in [5, 5.41) is 4.45. The van der Waals surface area contributed by atoms with E-state index >= 15 is 0 Å². The number of rotatable bonds is 3. The molecule has 1 aromatic carbocycles. The number of carbonyl (C=O) groups excluding carboxylic acids is 1. The van der Waals surface area contributed by atoms with Gasteiger partial charge in [-0.25, -0.2) is 4.39 Å². The lowest BCUT2D eigenvalue weighted by Crippen LogP contribution is -2.36. The highest BCUT2D eigenvalue weighted by Gasteiger charge is 2.31. The second-order valence-electron chi connectivity index (χ2n) is 5.60. The van der Waals surface area contributed by atoms with Crippen LogP contribution in [0.3, 0.4) is 0 Å². The normalized spacial score (nSPS) is 18.0. The molecule has 1 atom stereocenters. The number of aryl methyl sites for hydroxylation is 1. The van der Waals surface area contributed by atoms with Gasteiger partial charge < -0.3 is 4.90 Å². The van der Waals surface area contributed by atoms with Gasteiger partial charge in [-0.2, -0.15) is 5.10 Å². The summed E-state index contributed by atoms with van der Waals surface area (Å²) >= 11 is 6.10. The van der Waals surface area contributed by atoms with Crippen LogP contribution in [0.2, 0.25) is 5.02 Å². The van der Waals surface area contributed by atoms with Crippen molar-refractivity contribution in [2.45, 2.75) is 25.3 Å². The Hall–Kier alpha value is -1.88. The lowest BCUT2D eigenvalue weighted by atomic mass is 10.0. The fourth-order valence-electron chi connectivity index (χ4n) is 2.98. The predicted octanol–water partition coefficient (Wildman–Crippen LogP) is 3.06. The number of halogens is 2. The Morgan fingerprint density at radius 1 is 1.50 bits per heavy atom. The van der Waals surface area contributed by atoms with E-state index in [1.54, 1.807) is 41.2 Å². The number of benzene rings is 1. The van der Waals surface area contributed by atoms with E-state index in [4.69, 9.17) is 11.6 Å². The van der Waals surface area contributed by atoms with Crippen LogP contribution in [0.4, 0.5) is 4.39 Å². The molecule has 2 heterocycles. The summed E-state index contributed by atoms with van der Waals surface area (Å²) in [5.74, 6) is -0.365. The minimum absolute atomic E-state index is 0.0258.